The second kappa shape index (κ2) is 6.65. The summed E-state index contributed by atoms with van der Waals surface area (Å²) in [5, 5.41) is 4.20. The normalized spacial score (nSPS) is 14.7. The van der Waals surface area contributed by atoms with Crippen molar-refractivity contribution in [2.75, 3.05) is 38.2 Å². The number of nitrogens with one attached hydrogen (secondary N) is 1. The number of piperazine rings is 1. The average molecular weight is 377 g/mol. The van der Waals surface area contributed by atoms with E-state index in [1.165, 1.54) is 0 Å². The van der Waals surface area contributed by atoms with Crippen LogP contribution < -0.4 is 20.6 Å². The number of methoxy groups -OCH3 is 1. The van der Waals surface area contributed by atoms with E-state index in [1.807, 2.05) is 18.2 Å². The molecule has 1 aromatic carbocycles. The van der Waals surface area contributed by atoms with Gasteiger partial charge in [-0.1, -0.05) is 0 Å². The Balaban J connectivity index is 1.56. The molecule has 5 rings (SSSR count). The molecule has 1 N–H and O–H groups in total. The molecule has 4 heterocycles. The van der Waals surface area contributed by atoms with E-state index >= 15 is 0 Å². The first-order chi connectivity index (χ1) is 13.7. The molecule has 4 aromatic rings. The average Bonchev–Trinajstić information content (AvgIpc) is 3.16. The van der Waals surface area contributed by atoms with Crippen LogP contribution >= 0.6 is 0 Å². The van der Waals surface area contributed by atoms with E-state index in [9.17, 15) is 4.79 Å². The van der Waals surface area contributed by atoms with Gasteiger partial charge in [0.25, 0.3) is 0 Å². The van der Waals surface area contributed by atoms with Crippen molar-refractivity contribution in [3.05, 3.63) is 53.3 Å². The van der Waals surface area contributed by atoms with Gasteiger partial charge in [0.15, 0.2) is 5.65 Å². The third-order valence-electron chi connectivity index (χ3n) is 5.00. The molecule has 8 heteroatoms. The molecule has 0 saturated carbocycles. The highest BCUT2D eigenvalue weighted by atomic mass is 16.5. The summed E-state index contributed by atoms with van der Waals surface area (Å²) in [6, 6.07) is 7.81. The fourth-order valence-electron chi connectivity index (χ4n) is 3.51. The summed E-state index contributed by atoms with van der Waals surface area (Å²) >= 11 is 0. The molecule has 28 heavy (non-hydrogen) atoms. The molecule has 1 fully saturated rings. The Kier molecular flexibility index (Phi) is 3.98. The van der Waals surface area contributed by atoms with Crippen LogP contribution in [0.3, 0.4) is 0 Å². The molecule has 0 atom stereocenters. The highest BCUT2D eigenvalue weighted by Gasteiger charge is 2.15. The quantitative estimate of drug-likeness (QED) is 0.546. The zero-order valence-corrected chi connectivity index (χ0v) is 15.4. The lowest BCUT2D eigenvalue weighted by molar-refractivity contribution is 0.395. The van der Waals surface area contributed by atoms with Crippen LogP contribution in [0, 0.1) is 0 Å². The molecule has 0 bridgehead atoms. The summed E-state index contributed by atoms with van der Waals surface area (Å²) < 4.78 is 12.5. The number of nitrogens with zero attached hydrogens (tertiary/aromatic N) is 4. The summed E-state index contributed by atoms with van der Waals surface area (Å²) in [6.45, 7) is 3.78. The van der Waals surface area contributed by atoms with Gasteiger partial charge < -0.3 is 19.4 Å². The predicted molar refractivity (Wildman–Crippen MR) is 106 cm³/mol. The van der Waals surface area contributed by atoms with Crippen molar-refractivity contribution in [3.63, 3.8) is 0 Å². The van der Waals surface area contributed by atoms with Crippen LogP contribution in [-0.4, -0.2) is 47.7 Å². The molecule has 3 aromatic heterocycles. The van der Waals surface area contributed by atoms with Crippen LogP contribution in [0.15, 0.2) is 52.1 Å². The van der Waals surface area contributed by atoms with E-state index in [4.69, 9.17) is 9.15 Å². The largest absolute Gasteiger partial charge is 0.480 e. The van der Waals surface area contributed by atoms with Crippen molar-refractivity contribution in [1.82, 2.24) is 19.7 Å². The van der Waals surface area contributed by atoms with E-state index in [0.717, 1.165) is 37.3 Å². The Bertz CT molecular complexity index is 1220. The van der Waals surface area contributed by atoms with E-state index in [0.29, 0.717) is 28.4 Å². The van der Waals surface area contributed by atoms with E-state index in [1.54, 1.807) is 30.1 Å². The number of anilines is 1. The molecule has 0 spiro atoms. The highest BCUT2D eigenvalue weighted by molar-refractivity contribution is 5.84. The Morgan fingerprint density at radius 1 is 1.18 bits per heavy atom. The second-order valence-corrected chi connectivity index (χ2v) is 6.73. The number of fused-ring (bicyclic) bond motifs is 2. The first-order valence-corrected chi connectivity index (χ1v) is 9.14. The van der Waals surface area contributed by atoms with Crippen LogP contribution in [0.1, 0.15) is 0 Å². The van der Waals surface area contributed by atoms with E-state index < -0.39 is 5.63 Å². The van der Waals surface area contributed by atoms with Crippen molar-refractivity contribution < 1.29 is 9.15 Å². The molecule has 1 aliphatic rings. The fraction of sp³-hybridized carbons (Fsp3) is 0.250. The van der Waals surface area contributed by atoms with Crippen LogP contribution in [0.4, 0.5) is 5.69 Å². The lowest BCUT2D eigenvalue weighted by atomic mass is 10.1. The van der Waals surface area contributed by atoms with Crippen molar-refractivity contribution in [2.45, 2.75) is 0 Å². The molecule has 142 valence electrons. The van der Waals surface area contributed by atoms with Gasteiger partial charge in [0, 0.05) is 49.5 Å². The van der Waals surface area contributed by atoms with Gasteiger partial charge in [-0.05, 0) is 18.2 Å². The summed E-state index contributed by atoms with van der Waals surface area (Å²) in [7, 11) is 1.55. The highest BCUT2D eigenvalue weighted by Crippen LogP contribution is 2.25. The van der Waals surface area contributed by atoms with Crippen molar-refractivity contribution in [3.8, 4) is 17.1 Å². The lowest BCUT2D eigenvalue weighted by Crippen LogP contribution is -2.43. The van der Waals surface area contributed by atoms with Gasteiger partial charge in [-0.3, -0.25) is 4.40 Å². The number of ether oxygens (including phenoxy) is 1. The van der Waals surface area contributed by atoms with Crippen molar-refractivity contribution >= 4 is 22.3 Å². The number of benzene rings is 1. The Morgan fingerprint density at radius 2 is 2.04 bits per heavy atom. The first-order valence-electron chi connectivity index (χ1n) is 9.14. The molecule has 1 aliphatic heterocycles. The molecule has 0 amide bonds. The minimum Gasteiger partial charge on any atom is -0.480 e. The molecular formula is C20H19N5O3. The predicted octanol–water partition coefficient (Wildman–Crippen LogP) is 1.92. The molecule has 1 saturated heterocycles. The maximum atomic E-state index is 12.6. The van der Waals surface area contributed by atoms with Gasteiger partial charge >= 0.3 is 5.63 Å². The maximum Gasteiger partial charge on any atom is 0.345 e. The van der Waals surface area contributed by atoms with Crippen molar-refractivity contribution in [2.24, 2.45) is 0 Å². The maximum absolute atomic E-state index is 12.6. The molecule has 0 unspecified atom stereocenters. The van der Waals surface area contributed by atoms with Crippen molar-refractivity contribution in [1.29, 1.82) is 0 Å². The minimum atomic E-state index is -0.409. The first kappa shape index (κ1) is 16.8. The summed E-state index contributed by atoms with van der Waals surface area (Å²) in [6.07, 6.45) is 5.09. The van der Waals surface area contributed by atoms with Gasteiger partial charge in [-0.2, -0.15) is 0 Å². The fourth-order valence-corrected chi connectivity index (χ4v) is 3.51. The van der Waals surface area contributed by atoms with Gasteiger partial charge in [0.1, 0.15) is 5.58 Å². The number of aromatic nitrogens is 3. The molecule has 0 aliphatic carbocycles. The number of rotatable bonds is 3. The van der Waals surface area contributed by atoms with E-state index in [-0.39, 0.29) is 0 Å². The zero-order chi connectivity index (χ0) is 19.1. The number of imidazole rings is 1. The van der Waals surface area contributed by atoms with Crippen LogP contribution in [0.5, 0.6) is 5.88 Å². The Labute approximate surface area is 160 Å². The summed E-state index contributed by atoms with van der Waals surface area (Å²) in [4.78, 5) is 23.6. The lowest BCUT2D eigenvalue weighted by Gasteiger charge is -2.29. The van der Waals surface area contributed by atoms with Crippen LogP contribution in [0.25, 0.3) is 27.9 Å². The minimum absolute atomic E-state index is 0.409. The zero-order valence-electron chi connectivity index (χ0n) is 15.4. The second-order valence-electron chi connectivity index (χ2n) is 6.73. The third kappa shape index (κ3) is 2.87. The monoisotopic (exact) mass is 377 g/mol. The topological polar surface area (TPSA) is 84.9 Å². The Hall–Kier alpha value is -3.39. The smallest absolute Gasteiger partial charge is 0.345 e. The molecule has 0 radical (unpaired) electrons. The van der Waals surface area contributed by atoms with Crippen LogP contribution in [-0.2, 0) is 0 Å². The number of hydrogen-bond donors (Lipinski definition) is 1. The van der Waals surface area contributed by atoms with E-state index in [2.05, 4.69) is 26.3 Å². The van der Waals surface area contributed by atoms with Gasteiger partial charge in [-0.15, -0.1) is 0 Å². The van der Waals surface area contributed by atoms with Gasteiger partial charge in [0.05, 0.1) is 30.8 Å². The summed E-state index contributed by atoms with van der Waals surface area (Å²) in [5.74, 6) is 0.474. The SMILES string of the molecule is COc1cn2cc(-c3cc4ccc(N5CCNCC5)cc4oc3=O)nc2cn1. The van der Waals surface area contributed by atoms with Crippen LogP contribution in [0.2, 0.25) is 0 Å². The standard InChI is InChI=1S/C20H19N5O3/c1-27-19-12-25-11-16(23-18(25)10-22-19)15-8-13-2-3-14(9-17(13)28-20(15)26)24-6-4-21-5-7-24/h2-3,8-12,21H,4-7H2,1H3. The Morgan fingerprint density at radius 3 is 2.86 bits per heavy atom. The number of hydrogen-bond acceptors (Lipinski definition) is 7. The molecular weight excluding hydrogens is 358 g/mol. The molecule has 8 nitrogen and oxygen atoms in total. The third-order valence-corrected chi connectivity index (χ3v) is 5.00. The van der Waals surface area contributed by atoms with Gasteiger partial charge in [-0.25, -0.2) is 14.8 Å². The van der Waals surface area contributed by atoms with Gasteiger partial charge in [0.2, 0.25) is 5.88 Å². The summed E-state index contributed by atoms with van der Waals surface area (Å²) in [5.41, 5.74) is 2.83.